The van der Waals surface area contributed by atoms with Gasteiger partial charge in [0.25, 0.3) is 0 Å². The fourth-order valence-electron chi connectivity index (χ4n) is 4.23. The molecule has 0 bridgehead atoms. The number of halogens is 2. The highest BCUT2D eigenvalue weighted by atomic mass is 19.1. The molecule has 156 valence electrons. The van der Waals surface area contributed by atoms with E-state index in [-0.39, 0.29) is 46.9 Å². The molecule has 2 unspecified atom stereocenters. The van der Waals surface area contributed by atoms with Crippen molar-refractivity contribution in [3.05, 3.63) is 39.7 Å². The minimum absolute atomic E-state index is 0.0139. The molecule has 6 nitrogen and oxygen atoms in total. The van der Waals surface area contributed by atoms with E-state index in [1.165, 1.54) is 6.20 Å². The standard InChI is InChI=1S/C21H25F2N3O3/c1-4-29-21(28)15-10-26(13-5-6-13)18-14(20(15)27)7-16(22)19(17(18)23)25-8-11(2)24-12(3)9-25/h7,10-13,24H,4-6,8-9H2,1-3H3. The number of carbonyl (C=O) groups is 1. The van der Waals surface area contributed by atoms with Crippen LogP contribution in [-0.2, 0) is 4.74 Å². The predicted molar refractivity (Wildman–Crippen MR) is 107 cm³/mol. The number of ether oxygens (including phenoxy) is 1. The van der Waals surface area contributed by atoms with Gasteiger partial charge in [-0.2, -0.15) is 0 Å². The summed E-state index contributed by atoms with van der Waals surface area (Å²) in [5.41, 5.74) is -0.958. The van der Waals surface area contributed by atoms with Crippen LogP contribution >= 0.6 is 0 Å². The molecule has 1 saturated heterocycles. The van der Waals surface area contributed by atoms with Crippen LogP contribution in [0.3, 0.4) is 0 Å². The van der Waals surface area contributed by atoms with Crippen LogP contribution in [0.1, 0.15) is 50.0 Å². The van der Waals surface area contributed by atoms with Crippen LogP contribution in [0.5, 0.6) is 0 Å². The summed E-state index contributed by atoms with van der Waals surface area (Å²) in [5.74, 6) is -2.32. The molecule has 4 rings (SSSR count). The first kappa shape index (κ1) is 19.8. The Morgan fingerprint density at radius 3 is 2.48 bits per heavy atom. The zero-order chi connectivity index (χ0) is 20.9. The summed E-state index contributed by atoms with van der Waals surface area (Å²) in [7, 11) is 0. The van der Waals surface area contributed by atoms with Gasteiger partial charge in [-0.1, -0.05) is 0 Å². The van der Waals surface area contributed by atoms with Crippen molar-refractivity contribution in [3.63, 3.8) is 0 Å². The van der Waals surface area contributed by atoms with Gasteiger partial charge in [-0.15, -0.1) is 0 Å². The Bertz CT molecular complexity index is 1020. The molecule has 1 saturated carbocycles. The minimum atomic E-state index is -0.795. The van der Waals surface area contributed by atoms with Crippen LogP contribution in [0.2, 0.25) is 0 Å². The second-order valence-electron chi connectivity index (χ2n) is 8.02. The highest BCUT2D eigenvalue weighted by Gasteiger charge is 2.32. The molecule has 1 aromatic carbocycles. The van der Waals surface area contributed by atoms with Crippen molar-refractivity contribution in [2.75, 3.05) is 24.6 Å². The number of aromatic nitrogens is 1. The number of anilines is 1. The third-order valence-electron chi connectivity index (χ3n) is 5.49. The average Bonchev–Trinajstić information content (AvgIpc) is 3.47. The van der Waals surface area contributed by atoms with Crippen LogP contribution in [-0.4, -0.2) is 42.3 Å². The van der Waals surface area contributed by atoms with Crippen LogP contribution in [0.15, 0.2) is 17.1 Å². The normalized spacial score (nSPS) is 22.2. The quantitative estimate of drug-likeness (QED) is 0.793. The van der Waals surface area contributed by atoms with Gasteiger partial charge >= 0.3 is 5.97 Å². The Morgan fingerprint density at radius 2 is 1.90 bits per heavy atom. The van der Waals surface area contributed by atoms with Gasteiger partial charge in [0.1, 0.15) is 17.1 Å². The molecule has 2 fully saturated rings. The van der Waals surface area contributed by atoms with E-state index in [9.17, 15) is 9.59 Å². The largest absolute Gasteiger partial charge is 0.462 e. The number of carbonyl (C=O) groups excluding carboxylic acids is 1. The molecule has 0 spiro atoms. The lowest BCUT2D eigenvalue weighted by molar-refractivity contribution is 0.0524. The molecular formula is C21H25F2N3O3. The van der Waals surface area contributed by atoms with E-state index in [2.05, 4.69) is 5.32 Å². The van der Waals surface area contributed by atoms with Crippen molar-refractivity contribution in [2.24, 2.45) is 0 Å². The van der Waals surface area contributed by atoms with Gasteiger partial charge < -0.3 is 19.5 Å². The van der Waals surface area contributed by atoms with Crippen LogP contribution in [0.4, 0.5) is 14.5 Å². The third-order valence-corrected chi connectivity index (χ3v) is 5.49. The number of hydrogen-bond acceptors (Lipinski definition) is 5. The van der Waals surface area contributed by atoms with E-state index in [1.807, 2.05) is 13.8 Å². The molecule has 2 aliphatic rings. The molecule has 29 heavy (non-hydrogen) atoms. The zero-order valence-electron chi connectivity index (χ0n) is 16.8. The van der Waals surface area contributed by atoms with E-state index in [1.54, 1.807) is 16.4 Å². The molecule has 1 N–H and O–H groups in total. The zero-order valence-corrected chi connectivity index (χ0v) is 16.8. The molecular weight excluding hydrogens is 380 g/mol. The molecule has 0 radical (unpaired) electrons. The van der Waals surface area contributed by atoms with Crippen molar-refractivity contribution >= 4 is 22.6 Å². The van der Waals surface area contributed by atoms with E-state index in [4.69, 9.17) is 4.74 Å². The Balaban J connectivity index is 1.94. The molecule has 1 aliphatic carbocycles. The van der Waals surface area contributed by atoms with E-state index < -0.39 is 23.0 Å². The van der Waals surface area contributed by atoms with Crippen LogP contribution in [0.25, 0.3) is 10.9 Å². The molecule has 8 heteroatoms. The predicted octanol–water partition coefficient (Wildman–Crippen LogP) is 2.98. The molecule has 1 aromatic heterocycles. The number of nitrogens with zero attached hydrogens (tertiary/aromatic N) is 2. The number of fused-ring (bicyclic) bond motifs is 1. The van der Waals surface area contributed by atoms with Gasteiger partial charge in [-0.05, 0) is 39.7 Å². The number of benzene rings is 1. The molecule has 2 heterocycles. The van der Waals surface area contributed by atoms with Gasteiger partial charge in [0.05, 0.1) is 17.5 Å². The Morgan fingerprint density at radius 1 is 1.24 bits per heavy atom. The first-order valence-corrected chi connectivity index (χ1v) is 10.1. The number of esters is 1. The summed E-state index contributed by atoms with van der Waals surface area (Å²) >= 11 is 0. The summed E-state index contributed by atoms with van der Waals surface area (Å²) in [4.78, 5) is 26.8. The fraction of sp³-hybridized carbons (Fsp3) is 0.524. The van der Waals surface area contributed by atoms with Gasteiger partial charge in [0.15, 0.2) is 5.82 Å². The maximum Gasteiger partial charge on any atom is 0.343 e. The second kappa shape index (κ2) is 7.40. The van der Waals surface area contributed by atoms with E-state index >= 15 is 8.78 Å². The smallest absolute Gasteiger partial charge is 0.343 e. The minimum Gasteiger partial charge on any atom is -0.462 e. The van der Waals surface area contributed by atoms with Gasteiger partial charge in [0.2, 0.25) is 5.43 Å². The molecule has 1 aliphatic heterocycles. The van der Waals surface area contributed by atoms with Crippen molar-refractivity contribution in [1.29, 1.82) is 0 Å². The lowest BCUT2D eigenvalue weighted by atomic mass is 10.1. The highest BCUT2D eigenvalue weighted by molar-refractivity contribution is 5.95. The van der Waals surface area contributed by atoms with Gasteiger partial charge in [-0.25, -0.2) is 13.6 Å². The lowest BCUT2D eigenvalue weighted by Gasteiger charge is -2.38. The summed E-state index contributed by atoms with van der Waals surface area (Å²) in [6, 6.07) is 1.20. The van der Waals surface area contributed by atoms with Crippen molar-refractivity contribution in [1.82, 2.24) is 9.88 Å². The Hall–Kier alpha value is -2.48. The topological polar surface area (TPSA) is 63.6 Å². The number of rotatable bonds is 4. The monoisotopic (exact) mass is 405 g/mol. The number of piperazine rings is 1. The highest BCUT2D eigenvalue weighted by Crippen LogP contribution is 2.39. The van der Waals surface area contributed by atoms with Crippen molar-refractivity contribution in [2.45, 2.75) is 51.7 Å². The Labute approximate surface area is 167 Å². The molecule has 0 amide bonds. The number of nitrogens with one attached hydrogen (secondary N) is 1. The van der Waals surface area contributed by atoms with Crippen LogP contribution in [0, 0.1) is 11.6 Å². The first-order chi connectivity index (χ1) is 13.8. The molecule has 2 atom stereocenters. The van der Waals surface area contributed by atoms with Crippen molar-refractivity contribution in [3.8, 4) is 0 Å². The summed E-state index contributed by atoms with van der Waals surface area (Å²) in [5, 5.41) is 3.22. The van der Waals surface area contributed by atoms with E-state index in [0.29, 0.717) is 13.1 Å². The van der Waals surface area contributed by atoms with Gasteiger partial charge in [0, 0.05) is 37.4 Å². The van der Waals surface area contributed by atoms with Crippen LogP contribution < -0.4 is 15.6 Å². The third kappa shape index (κ3) is 3.50. The average molecular weight is 405 g/mol. The lowest BCUT2D eigenvalue weighted by Crippen LogP contribution is -2.54. The summed E-state index contributed by atoms with van der Waals surface area (Å²) < 4.78 is 37.3. The van der Waals surface area contributed by atoms with Gasteiger partial charge in [-0.3, -0.25) is 4.79 Å². The molecule has 2 aromatic rings. The second-order valence-corrected chi connectivity index (χ2v) is 8.02. The number of hydrogen-bond donors (Lipinski definition) is 1. The number of pyridine rings is 1. The Kier molecular flexibility index (Phi) is 5.06. The fourth-order valence-corrected chi connectivity index (χ4v) is 4.23. The van der Waals surface area contributed by atoms with E-state index in [0.717, 1.165) is 18.9 Å². The maximum absolute atomic E-state index is 15.7. The van der Waals surface area contributed by atoms with Crippen molar-refractivity contribution < 1.29 is 18.3 Å². The summed E-state index contributed by atoms with van der Waals surface area (Å²) in [6.07, 6.45) is 3.00. The first-order valence-electron chi connectivity index (χ1n) is 10.1. The maximum atomic E-state index is 15.7. The summed E-state index contributed by atoms with van der Waals surface area (Å²) in [6.45, 7) is 6.59. The SMILES string of the molecule is CCOC(=O)c1cn(C2CC2)c2c(F)c(N3CC(C)NC(C)C3)c(F)cc2c1=O.